The lowest BCUT2D eigenvalue weighted by molar-refractivity contribution is -0.143. The van der Waals surface area contributed by atoms with Gasteiger partial charge in [0.2, 0.25) is 0 Å². The van der Waals surface area contributed by atoms with E-state index in [-0.39, 0.29) is 11.8 Å². The summed E-state index contributed by atoms with van der Waals surface area (Å²) < 4.78 is 19.4. The Kier molecular flexibility index (Phi) is 6.25. The van der Waals surface area contributed by atoms with Crippen molar-refractivity contribution in [3.05, 3.63) is 63.4 Å². The Morgan fingerprint density at radius 1 is 1.30 bits per heavy atom. The topological polar surface area (TPSA) is 49.8 Å². The van der Waals surface area contributed by atoms with Crippen LogP contribution < -0.4 is 4.74 Å². The van der Waals surface area contributed by atoms with Crippen LogP contribution >= 0.6 is 23.2 Å². The lowest BCUT2D eigenvalue weighted by atomic mass is 9.91. The van der Waals surface area contributed by atoms with E-state index in [1.54, 1.807) is 24.3 Å². The summed E-state index contributed by atoms with van der Waals surface area (Å²) in [5, 5.41) is 10.4. The molecule has 144 valence electrons. The van der Waals surface area contributed by atoms with Gasteiger partial charge in [-0.25, -0.2) is 4.39 Å². The van der Waals surface area contributed by atoms with Crippen molar-refractivity contribution < 1.29 is 19.0 Å². The molecular weight excluding hydrogens is 392 g/mol. The number of hydrogen-bond donors (Lipinski definition) is 1. The van der Waals surface area contributed by atoms with Crippen LogP contribution in [-0.4, -0.2) is 36.2 Å². The van der Waals surface area contributed by atoms with E-state index in [2.05, 4.69) is 0 Å². The monoisotopic (exact) mass is 411 g/mol. The fourth-order valence-corrected chi connectivity index (χ4v) is 4.12. The summed E-state index contributed by atoms with van der Waals surface area (Å²) >= 11 is 12.5. The minimum Gasteiger partial charge on any atom is -0.494 e. The number of carboxylic acid groups (broad SMARTS) is 1. The molecule has 0 bridgehead atoms. The fraction of sp³-hybridized carbons (Fsp3) is 0.350. The van der Waals surface area contributed by atoms with Crippen LogP contribution in [0.15, 0.2) is 36.4 Å². The molecule has 7 heteroatoms. The minimum absolute atomic E-state index is 0.154. The Morgan fingerprint density at radius 3 is 2.70 bits per heavy atom. The lowest BCUT2D eigenvalue weighted by Gasteiger charge is -2.38. The Morgan fingerprint density at radius 2 is 2.07 bits per heavy atom. The van der Waals surface area contributed by atoms with Gasteiger partial charge in [0.15, 0.2) is 11.6 Å². The molecule has 0 spiro atoms. The lowest BCUT2D eigenvalue weighted by Crippen LogP contribution is -2.41. The average molecular weight is 412 g/mol. The van der Waals surface area contributed by atoms with Gasteiger partial charge in [0.1, 0.15) is 0 Å². The Balaban J connectivity index is 2.06. The van der Waals surface area contributed by atoms with Crippen LogP contribution in [0.3, 0.4) is 0 Å². The summed E-state index contributed by atoms with van der Waals surface area (Å²) in [6.45, 7) is 1.06. The highest BCUT2D eigenvalue weighted by molar-refractivity contribution is 6.35. The van der Waals surface area contributed by atoms with Gasteiger partial charge >= 0.3 is 5.97 Å². The van der Waals surface area contributed by atoms with Crippen molar-refractivity contribution in [1.29, 1.82) is 0 Å². The first-order valence-corrected chi connectivity index (χ1v) is 9.41. The maximum absolute atomic E-state index is 14.4. The van der Waals surface area contributed by atoms with E-state index in [4.69, 9.17) is 27.9 Å². The van der Waals surface area contributed by atoms with E-state index in [0.717, 1.165) is 12.0 Å². The number of hydrogen-bond acceptors (Lipinski definition) is 3. The van der Waals surface area contributed by atoms with E-state index < -0.39 is 17.7 Å². The second-order valence-corrected chi connectivity index (χ2v) is 7.48. The van der Waals surface area contributed by atoms with Crippen molar-refractivity contribution in [3.8, 4) is 5.75 Å². The number of methoxy groups -OCH3 is 1. The predicted molar refractivity (Wildman–Crippen MR) is 103 cm³/mol. The van der Waals surface area contributed by atoms with Crippen molar-refractivity contribution >= 4 is 29.2 Å². The number of nitrogens with zero attached hydrogens (tertiary/aromatic N) is 1. The highest BCUT2D eigenvalue weighted by Gasteiger charge is 2.32. The number of likely N-dealkylation sites (tertiary alicyclic amines) is 1. The quantitative estimate of drug-likeness (QED) is 0.749. The molecule has 0 aliphatic carbocycles. The van der Waals surface area contributed by atoms with Gasteiger partial charge in [0, 0.05) is 16.6 Å². The number of ether oxygens (including phenoxy) is 1. The smallest absolute Gasteiger partial charge is 0.307 e. The molecule has 27 heavy (non-hydrogen) atoms. The maximum Gasteiger partial charge on any atom is 0.307 e. The molecule has 2 unspecified atom stereocenters. The predicted octanol–water partition coefficient (Wildman–Crippen LogP) is 5.03. The van der Waals surface area contributed by atoms with Gasteiger partial charge in [-0.1, -0.05) is 35.3 Å². The minimum atomic E-state index is -0.818. The molecule has 2 aromatic carbocycles. The van der Waals surface area contributed by atoms with E-state index in [1.807, 2.05) is 11.0 Å². The van der Waals surface area contributed by atoms with Gasteiger partial charge in [-0.3, -0.25) is 9.69 Å². The first-order chi connectivity index (χ1) is 12.9. The van der Waals surface area contributed by atoms with Crippen LogP contribution in [0, 0.1) is 11.7 Å². The van der Waals surface area contributed by atoms with Gasteiger partial charge < -0.3 is 9.84 Å². The largest absolute Gasteiger partial charge is 0.494 e. The molecular formula is C20H20Cl2FNO3. The molecule has 1 fully saturated rings. The molecule has 1 heterocycles. The molecule has 0 radical (unpaired) electrons. The highest BCUT2D eigenvalue weighted by atomic mass is 35.5. The van der Waals surface area contributed by atoms with Crippen LogP contribution in [-0.2, 0) is 4.79 Å². The Labute approximate surface area is 167 Å². The van der Waals surface area contributed by atoms with Crippen molar-refractivity contribution in [2.75, 3.05) is 20.2 Å². The Hall–Kier alpha value is -1.82. The summed E-state index contributed by atoms with van der Waals surface area (Å²) in [5.74, 6) is -1.60. The first kappa shape index (κ1) is 19.9. The number of piperidine rings is 1. The zero-order valence-electron chi connectivity index (χ0n) is 14.8. The summed E-state index contributed by atoms with van der Waals surface area (Å²) in [5.41, 5.74) is 1.44. The van der Waals surface area contributed by atoms with Crippen molar-refractivity contribution in [3.63, 3.8) is 0 Å². The molecule has 0 aromatic heterocycles. The highest BCUT2D eigenvalue weighted by Crippen LogP contribution is 2.38. The van der Waals surface area contributed by atoms with Crippen LogP contribution in [0.5, 0.6) is 5.75 Å². The van der Waals surface area contributed by atoms with Crippen LogP contribution in [0.4, 0.5) is 4.39 Å². The molecule has 3 rings (SSSR count). The fourth-order valence-electron chi connectivity index (χ4n) is 3.61. The average Bonchev–Trinajstić information content (AvgIpc) is 2.64. The number of carbonyl (C=O) groups is 1. The number of carboxylic acids is 1. The zero-order chi connectivity index (χ0) is 19.6. The summed E-state index contributed by atoms with van der Waals surface area (Å²) in [4.78, 5) is 13.5. The van der Waals surface area contributed by atoms with Crippen LogP contribution in [0.25, 0.3) is 0 Å². The SMILES string of the molecule is COc1ccc(C(c2ccc(Cl)cc2Cl)N2CCCC(C(=O)O)C2)cc1F. The van der Waals surface area contributed by atoms with Gasteiger partial charge in [0.05, 0.1) is 19.1 Å². The third-order valence-electron chi connectivity index (χ3n) is 4.92. The number of benzene rings is 2. The first-order valence-electron chi connectivity index (χ1n) is 8.66. The van der Waals surface area contributed by atoms with Crippen molar-refractivity contribution in [2.45, 2.75) is 18.9 Å². The summed E-state index contributed by atoms with van der Waals surface area (Å²) in [6.07, 6.45) is 1.38. The van der Waals surface area contributed by atoms with Gasteiger partial charge in [0.25, 0.3) is 0 Å². The molecule has 0 saturated carbocycles. The molecule has 1 aliphatic heterocycles. The van der Waals surface area contributed by atoms with E-state index in [9.17, 15) is 14.3 Å². The van der Waals surface area contributed by atoms with E-state index >= 15 is 0 Å². The molecule has 1 aliphatic rings. The zero-order valence-corrected chi connectivity index (χ0v) is 16.3. The molecule has 1 N–H and O–H groups in total. The molecule has 0 amide bonds. The molecule has 2 aromatic rings. The third-order valence-corrected chi connectivity index (χ3v) is 5.48. The summed E-state index contributed by atoms with van der Waals surface area (Å²) in [7, 11) is 1.41. The Bertz CT molecular complexity index is 846. The van der Waals surface area contributed by atoms with Crippen molar-refractivity contribution in [2.24, 2.45) is 5.92 Å². The number of halogens is 3. The number of aliphatic carboxylic acids is 1. The maximum atomic E-state index is 14.4. The van der Waals surface area contributed by atoms with Gasteiger partial charge in [-0.05, 0) is 54.8 Å². The number of rotatable bonds is 5. The second-order valence-electron chi connectivity index (χ2n) is 6.63. The van der Waals surface area contributed by atoms with Crippen molar-refractivity contribution in [1.82, 2.24) is 4.90 Å². The second kappa shape index (κ2) is 8.46. The summed E-state index contributed by atoms with van der Waals surface area (Å²) in [6, 6.07) is 9.57. The van der Waals surface area contributed by atoms with Gasteiger partial charge in [-0.15, -0.1) is 0 Å². The molecule has 1 saturated heterocycles. The standard InChI is InChI=1S/C20H20Cl2FNO3/c1-27-18-7-4-12(9-17(18)23)19(15-6-5-14(21)10-16(15)22)24-8-2-3-13(11-24)20(25)26/h4-7,9-10,13,19H,2-3,8,11H2,1H3,(H,25,26). The molecule has 2 atom stereocenters. The van der Waals surface area contributed by atoms with Gasteiger partial charge in [-0.2, -0.15) is 0 Å². The third kappa shape index (κ3) is 4.37. The molecule has 4 nitrogen and oxygen atoms in total. The van der Waals surface area contributed by atoms with Crippen LogP contribution in [0.2, 0.25) is 10.0 Å². The van der Waals surface area contributed by atoms with E-state index in [0.29, 0.717) is 35.1 Å². The normalized spacial score (nSPS) is 18.9. The van der Waals surface area contributed by atoms with E-state index in [1.165, 1.54) is 13.2 Å². The van der Waals surface area contributed by atoms with Crippen LogP contribution in [0.1, 0.15) is 30.0 Å².